The molecule has 4 nitrogen and oxygen atoms in total. The fourth-order valence-corrected chi connectivity index (χ4v) is 4.53. The van der Waals surface area contributed by atoms with E-state index in [-0.39, 0.29) is 11.1 Å². The molecule has 5 rings (SSSR count). The minimum absolute atomic E-state index is 0.0610. The van der Waals surface area contributed by atoms with Crippen LogP contribution in [0.15, 0.2) is 30.3 Å². The molecule has 0 saturated carbocycles. The molecule has 4 aromatic rings. The molecule has 0 unspecified atom stereocenters. The largest absolute Gasteiger partial charge is 0.298 e. The van der Waals surface area contributed by atoms with Gasteiger partial charge in [-0.05, 0) is 62.9 Å². The van der Waals surface area contributed by atoms with E-state index in [0.717, 1.165) is 0 Å². The van der Waals surface area contributed by atoms with Gasteiger partial charge in [0.25, 0.3) is 0 Å². The molecule has 1 aliphatic rings. The molecule has 0 atom stereocenters. The summed E-state index contributed by atoms with van der Waals surface area (Å²) in [7, 11) is 0. The van der Waals surface area contributed by atoms with Gasteiger partial charge in [0.05, 0.1) is 11.0 Å². The third-order valence-electron chi connectivity index (χ3n) is 6.11. The molecule has 2 aromatic carbocycles. The Morgan fingerprint density at radius 2 is 1.77 bits per heavy atom. The number of ketones is 1. The predicted molar refractivity (Wildman–Crippen MR) is 118 cm³/mol. The van der Waals surface area contributed by atoms with Crippen molar-refractivity contribution in [2.45, 2.75) is 64.6 Å². The third kappa shape index (κ3) is 2.23. The van der Waals surface area contributed by atoms with Crippen molar-refractivity contribution >= 4 is 33.4 Å². The van der Waals surface area contributed by atoms with Crippen LogP contribution in [-0.4, -0.2) is 20.2 Å². The Bertz CT molecular complexity index is 1590. The second-order valence-electron chi connectivity index (χ2n) is 9.68. The summed E-state index contributed by atoms with van der Waals surface area (Å²) < 4.78 is 65.8. The number of aromatic nitrogens is 3. The lowest BCUT2D eigenvalue weighted by Gasteiger charge is -2.21. The average Bonchev–Trinajstić information content (AvgIpc) is 3.16. The number of carbonyl (C=O) groups excluding carboxylic acids is 1. The molecule has 5 heteroatoms. The summed E-state index contributed by atoms with van der Waals surface area (Å²) in [5, 5.41) is 0.465. The van der Waals surface area contributed by atoms with Crippen LogP contribution in [0.2, 0.25) is 0 Å². The number of nitrogens with zero attached hydrogens (tertiary/aromatic N) is 3. The Labute approximate surface area is 183 Å². The van der Waals surface area contributed by atoms with E-state index in [1.807, 2.05) is 20.8 Å². The van der Waals surface area contributed by atoms with Crippen molar-refractivity contribution in [2.24, 2.45) is 0 Å². The zero-order valence-corrected chi connectivity index (χ0v) is 17.5. The lowest BCUT2D eigenvalue weighted by molar-refractivity contribution is -0.126. The standard InChI is InChI=1S/C25H26FN3O/c1-23(2,3)22-28-19-13(9-8-10-16(19)26)20-27-17-11-14-15(12-18(17)29(20)22)25(6,7)21(30)24(14,4)5/h8-12H,1-7H3/i4D3,5D3. The number of para-hydroxylation sites is 1. The molecule has 1 aliphatic carbocycles. The number of carbonyl (C=O) groups is 1. The summed E-state index contributed by atoms with van der Waals surface area (Å²) in [6.07, 6.45) is 0. The minimum Gasteiger partial charge on any atom is -0.298 e. The van der Waals surface area contributed by atoms with Gasteiger partial charge in [-0.2, -0.15) is 0 Å². The number of fused-ring (bicyclic) bond motifs is 6. The predicted octanol–water partition coefficient (Wildman–Crippen LogP) is 5.61. The summed E-state index contributed by atoms with van der Waals surface area (Å²) in [5.41, 5.74) is -2.91. The van der Waals surface area contributed by atoms with E-state index in [0.29, 0.717) is 33.5 Å². The average molecular weight is 410 g/mol. The molecule has 154 valence electrons. The number of benzene rings is 2. The lowest BCUT2D eigenvalue weighted by Crippen LogP contribution is -2.33. The fraction of sp³-hybridized carbons (Fsp3) is 0.400. The van der Waals surface area contributed by atoms with Gasteiger partial charge in [0.15, 0.2) is 5.78 Å². The topological polar surface area (TPSA) is 47.3 Å². The number of hydrogen-bond acceptors (Lipinski definition) is 3. The second-order valence-corrected chi connectivity index (χ2v) is 9.68. The van der Waals surface area contributed by atoms with Crippen LogP contribution in [0.1, 0.15) is 73.5 Å². The van der Waals surface area contributed by atoms with Crippen molar-refractivity contribution in [1.82, 2.24) is 14.4 Å². The summed E-state index contributed by atoms with van der Waals surface area (Å²) in [5.74, 6) is -0.836. The van der Waals surface area contributed by atoms with Gasteiger partial charge in [0, 0.05) is 29.9 Å². The third-order valence-corrected chi connectivity index (χ3v) is 6.11. The van der Waals surface area contributed by atoms with Crippen molar-refractivity contribution in [3.8, 4) is 0 Å². The summed E-state index contributed by atoms with van der Waals surface area (Å²) in [6, 6.07) is 7.66. The van der Waals surface area contributed by atoms with Gasteiger partial charge in [-0.3, -0.25) is 9.20 Å². The van der Waals surface area contributed by atoms with Crippen molar-refractivity contribution < 1.29 is 17.4 Å². The van der Waals surface area contributed by atoms with Crippen LogP contribution in [0.5, 0.6) is 0 Å². The summed E-state index contributed by atoms with van der Waals surface area (Å²) >= 11 is 0. The van der Waals surface area contributed by atoms with E-state index in [4.69, 9.17) is 13.2 Å². The Morgan fingerprint density at radius 3 is 2.43 bits per heavy atom. The second kappa shape index (κ2) is 5.45. The van der Waals surface area contributed by atoms with Gasteiger partial charge >= 0.3 is 0 Å². The SMILES string of the molecule is [2H]C([2H])([2H])C1(C([2H])([2H])[2H])C(=O)C(C)(C)c2cc3c(cc21)nc1c2cccc(F)c2nc(C(C)(C)C)n31. The molecule has 0 amide bonds. The first-order valence-electron chi connectivity index (χ1n) is 12.9. The molecule has 30 heavy (non-hydrogen) atoms. The molecule has 0 bridgehead atoms. The molecule has 0 radical (unpaired) electrons. The number of imidazole rings is 1. The molecule has 0 aliphatic heterocycles. The Kier molecular flexibility index (Phi) is 2.45. The minimum atomic E-state index is -3.13. The highest BCUT2D eigenvalue weighted by Gasteiger charge is 2.50. The van der Waals surface area contributed by atoms with Gasteiger partial charge in [-0.15, -0.1) is 0 Å². The summed E-state index contributed by atoms with van der Waals surface area (Å²) in [6.45, 7) is 2.65. The maximum atomic E-state index is 14.8. The van der Waals surface area contributed by atoms with E-state index >= 15 is 0 Å². The van der Waals surface area contributed by atoms with Gasteiger partial charge < -0.3 is 0 Å². The van der Waals surface area contributed by atoms with Crippen LogP contribution < -0.4 is 0 Å². The van der Waals surface area contributed by atoms with Crippen molar-refractivity contribution in [1.29, 1.82) is 0 Å². The fourth-order valence-electron chi connectivity index (χ4n) is 4.53. The van der Waals surface area contributed by atoms with Crippen LogP contribution in [0.25, 0.3) is 27.6 Å². The van der Waals surface area contributed by atoms with Crippen molar-refractivity contribution in [3.63, 3.8) is 0 Å². The van der Waals surface area contributed by atoms with Crippen molar-refractivity contribution in [3.05, 3.63) is 53.1 Å². The monoisotopic (exact) mass is 409 g/mol. The van der Waals surface area contributed by atoms with E-state index in [2.05, 4.69) is 4.98 Å². The van der Waals surface area contributed by atoms with Gasteiger partial charge in [-0.1, -0.05) is 26.8 Å². The lowest BCUT2D eigenvalue weighted by atomic mass is 9.80. The normalized spacial score (nSPS) is 21.7. The van der Waals surface area contributed by atoms with E-state index in [9.17, 15) is 9.18 Å². The molecule has 0 N–H and O–H groups in total. The smallest absolute Gasteiger partial charge is 0.152 e. The van der Waals surface area contributed by atoms with Gasteiger partial charge in [-0.25, -0.2) is 14.4 Å². The van der Waals surface area contributed by atoms with E-state index < -0.39 is 41.5 Å². The maximum Gasteiger partial charge on any atom is 0.152 e. The van der Waals surface area contributed by atoms with Crippen LogP contribution in [0.4, 0.5) is 4.39 Å². The zero-order chi connectivity index (χ0) is 26.8. The van der Waals surface area contributed by atoms with Crippen LogP contribution in [0.3, 0.4) is 0 Å². The van der Waals surface area contributed by atoms with E-state index in [1.54, 1.807) is 36.4 Å². The molecule has 0 saturated heterocycles. The Hall–Kier alpha value is -2.82. The molecular weight excluding hydrogens is 377 g/mol. The quantitative estimate of drug-likeness (QED) is 0.379. The first-order chi connectivity index (χ1) is 16.3. The highest BCUT2D eigenvalue weighted by Crippen LogP contribution is 2.48. The van der Waals surface area contributed by atoms with Gasteiger partial charge in [0.2, 0.25) is 0 Å². The van der Waals surface area contributed by atoms with Gasteiger partial charge in [0.1, 0.15) is 22.8 Å². The van der Waals surface area contributed by atoms with Crippen molar-refractivity contribution in [2.75, 3.05) is 0 Å². The van der Waals surface area contributed by atoms with Crippen LogP contribution >= 0.6 is 0 Å². The number of Topliss-reactive ketones (excluding diaryl/α,β-unsaturated/α-hetero) is 1. The van der Waals surface area contributed by atoms with Crippen LogP contribution in [0, 0.1) is 5.82 Å². The maximum absolute atomic E-state index is 14.8. The molecule has 2 heterocycles. The zero-order valence-electron chi connectivity index (χ0n) is 23.5. The highest BCUT2D eigenvalue weighted by atomic mass is 19.1. The van der Waals surface area contributed by atoms with E-state index in [1.165, 1.54) is 12.1 Å². The Morgan fingerprint density at radius 1 is 1.07 bits per heavy atom. The van der Waals surface area contributed by atoms with Crippen LogP contribution in [-0.2, 0) is 21.0 Å². The number of hydrogen-bond donors (Lipinski definition) is 0. The Balaban J connectivity index is 2.03. The first-order valence-corrected chi connectivity index (χ1v) is 9.86. The summed E-state index contributed by atoms with van der Waals surface area (Å²) in [4.78, 5) is 23.1. The first kappa shape index (κ1) is 13.5. The molecular formula is C25H26FN3O. The molecule has 0 fully saturated rings. The molecule has 2 aromatic heterocycles. The molecule has 0 spiro atoms. The highest BCUT2D eigenvalue weighted by molar-refractivity contribution is 6.05. The number of rotatable bonds is 0. The number of halogens is 1.